The minimum absolute atomic E-state index is 0.485. The van der Waals surface area contributed by atoms with Crippen molar-refractivity contribution in [2.75, 3.05) is 0 Å². The quantitative estimate of drug-likeness (QED) is 0.224. The van der Waals surface area contributed by atoms with Crippen molar-refractivity contribution in [2.24, 2.45) is 0 Å². The lowest BCUT2D eigenvalue weighted by molar-refractivity contribution is 0.671. The molecule has 0 fully saturated rings. The van der Waals surface area contributed by atoms with Crippen LogP contribution in [-0.2, 0) is 0 Å². The summed E-state index contributed by atoms with van der Waals surface area (Å²) in [5.74, 6) is 1.66. The first kappa shape index (κ1) is 22.9. The molecule has 0 unspecified atom stereocenters. The monoisotopic (exact) mass is 539 g/mol. The highest BCUT2D eigenvalue weighted by Gasteiger charge is 2.25. The Labute approximate surface area is 239 Å². The van der Waals surface area contributed by atoms with Crippen LogP contribution in [0.3, 0.4) is 0 Å². The molecule has 0 bridgehead atoms. The molecular weight excluding hydrogens is 518 g/mol. The Morgan fingerprint density at radius 2 is 1.07 bits per heavy atom. The Morgan fingerprint density at radius 1 is 0.500 bits per heavy atom. The third-order valence-corrected chi connectivity index (χ3v) is 7.89. The molecular formula is C36H21N5O. The maximum Gasteiger partial charge on any atom is 0.240 e. The molecule has 0 spiro atoms. The van der Waals surface area contributed by atoms with Gasteiger partial charge in [-0.25, -0.2) is 9.97 Å². The molecule has 5 aromatic carbocycles. The number of aromatic nitrogens is 5. The van der Waals surface area contributed by atoms with Crippen molar-refractivity contribution in [1.82, 2.24) is 24.5 Å². The summed E-state index contributed by atoms with van der Waals surface area (Å²) in [6, 6.07) is 40.8. The summed E-state index contributed by atoms with van der Waals surface area (Å²) in [5, 5.41) is 6.47. The fraction of sp³-hybridized carbons (Fsp3) is 0. The average molecular weight is 540 g/mol. The molecule has 0 N–H and O–H groups in total. The molecule has 0 saturated heterocycles. The van der Waals surface area contributed by atoms with Gasteiger partial charge in [-0.15, -0.1) is 0 Å². The van der Waals surface area contributed by atoms with Crippen molar-refractivity contribution >= 4 is 54.6 Å². The molecule has 0 atom stereocenters. The second kappa shape index (κ2) is 8.81. The number of furan rings is 1. The van der Waals surface area contributed by atoms with Crippen molar-refractivity contribution in [3.05, 3.63) is 128 Å². The average Bonchev–Trinajstić information content (AvgIpc) is 3.62. The van der Waals surface area contributed by atoms with Crippen LogP contribution in [0.1, 0.15) is 0 Å². The smallest absolute Gasteiger partial charge is 0.240 e. The molecule has 6 heteroatoms. The van der Waals surface area contributed by atoms with Crippen molar-refractivity contribution in [2.45, 2.75) is 0 Å². The van der Waals surface area contributed by atoms with Crippen LogP contribution in [0.2, 0.25) is 0 Å². The SMILES string of the molecule is c1ccc(-c2nc(-c3ccccc3)nc(-n3c4ncccc4c4c5ccccc5c5c6ccccc6oc5c43)n2)cc1. The molecule has 6 nitrogen and oxygen atoms in total. The van der Waals surface area contributed by atoms with Crippen LogP contribution in [0.5, 0.6) is 0 Å². The van der Waals surface area contributed by atoms with E-state index < -0.39 is 0 Å². The zero-order valence-electron chi connectivity index (χ0n) is 22.3. The second-order valence-corrected chi connectivity index (χ2v) is 10.3. The Morgan fingerprint density at radius 3 is 1.76 bits per heavy atom. The Bertz CT molecular complexity index is 2400. The number of para-hydroxylation sites is 1. The topological polar surface area (TPSA) is 69.6 Å². The zero-order valence-corrected chi connectivity index (χ0v) is 22.3. The number of rotatable bonds is 3. The number of fused-ring (bicyclic) bond motifs is 10. The van der Waals surface area contributed by atoms with Gasteiger partial charge >= 0.3 is 0 Å². The minimum Gasteiger partial charge on any atom is -0.454 e. The van der Waals surface area contributed by atoms with Gasteiger partial charge in [-0.1, -0.05) is 103 Å². The summed E-state index contributed by atoms with van der Waals surface area (Å²) in [5.41, 5.74) is 5.08. The Hall–Kier alpha value is -5.88. The molecule has 0 aliphatic heterocycles. The Balaban J connectivity index is 1.50. The van der Waals surface area contributed by atoms with E-state index in [1.807, 2.05) is 89.6 Å². The molecule has 0 aliphatic carbocycles. The van der Waals surface area contributed by atoms with Gasteiger partial charge in [0.2, 0.25) is 5.95 Å². The third kappa shape index (κ3) is 3.26. The van der Waals surface area contributed by atoms with Crippen LogP contribution in [0.15, 0.2) is 132 Å². The van der Waals surface area contributed by atoms with Gasteiger partial charge < -0.3 is 4.42 Å². The van der Waals surface area contributed by atoms with Gasteiger partial charge in [-0.3, -0.25) is 4.57 Å². The normalized spacial score (nSPS) is 11.8. The summed E-state index contributed by atoms with van der Waals surface area (Å²) in [7, 11) is 0. The van der Waals surface area contributed by atoms with Crippen molar-refractivity contribution in [3.8, 4) is 28.7 Å². The number of pyridine rings is 1. The molecule has 196 valence electrons. The lowest BCUT2D eigenvalue weighted by Crippen LogP contribution is -2.07. The molecule has 9 aromatic rings. The highest BCUT2D eigenvalue weighted by molar-refractivity contribution is 6.34. The van der Waals surface area contributed by atoms with E-state index in [0.717, 1.165) is 65.8 Å². The highest BCUT2D eigenvalue weighted by Crippen LogP contribution is 2.45. The van der Waals surface area contributed by atoms with Crippen LogP contribution in [0.4, 0.5) is 0 Å². The fourth-order valence-corrected chi connectivity index (χ4v) is 6.09. The third-order valence-electron chi connectivity index (χ3n) is 7.89. The Kier molecular flexibility index (Phi) is 4.80. The van der Waals surface area contributed by atoms with E-state index in [4.69, 9.17) is 24.4 Å². The number of hydrogen-bond acceptors (Lipinski definition) is 5. The first-order valence-corrected chi connectivity index (χ1v) is 13.8. The van der Waals surface area contributed by atoms with Crippen LogP contribution in [0, 0.1) is 0 Å². The number of hydrogen-bond donors (Lipinski definition) is 0. The van der Waals surface area contributed by atoms with E-state index in [-0.39, 0.29) is 0 Å². The van der Waals surface area contributed by atoms with Crippen LogP contribution >= 0.6 is 0 Å². The summed E-state index contributed by atoms with van der Waals surface area (Å²) in [4.78, 5) is 19.9. The summed E-state index contributed by atoms with van der Waals surface area (Å²) in [6.45, 7) is 0. The van der Waals surface area contributed by atoms with Gasteiger partial charge in [0.15, 0.2) is 17.2 Å². The van der Waals surface area contributed by atoms with Crippen LogP contribution in [0.25, 0.3) is 83.4 Å². The second-order valence-electron chi connectivity index (χ2n) is 10.3. The standard InChI is InChI=1S/C36H21N5O/c1-3-12-22(13-4-1)33-38-34(23-14-5-2-6-15-23)40-36(39-33)41-31-29(27-19-11-21-37-35(27)41)24-16-7-8-17-25(24)30-26-18-9-10-20-28(26)42-32(30)31/h1-21H. The van der Waals surface area contributed by atoms with Gasteiger partial charge in [0.1, 0.15) is 16.7 Å². The molecule has 0 radical (unpaired) electrons. The van der Waals surface area contributed by atoms with Crippen molar-refractivity contribution < 1.29 is 4.42 Å². The minimum atomic E-state index is 0.485. The van der Waals surface area contributed by atoms with Crippen molar-refractivity contribution in [1.29, 1.82) is 0 Å². The maximum atomic E-state index is 6.68. The lowest BCUT2D eigenvalue weighted by atomic mass is 9.99. The van der Waals surface area contributed by atoms with E-state index in [9.17, 15) is 0 Å². The lowest BCUT2D eigenvalue weighted by Gasteiger charge is -2.11. The first-order chi connectivity index (χ1) is 20.8. The molecule has 0 amide bonds. The number of benzene rings is 5. The van der Waals surface area contributed by atoms with Gasteiger partial charge in [0.05, 0.1) is 0 Å². The van der Waals surface area contributed by atoms with Crippen LogP contribution in [-0.4, -0.2) is 24.5 Å². The molecule has 9 rings (SSSR count). The van der Waals surface area contributed by atoms with E-state index in [0.29, 0.717) is 17.6 Å². The van der Waals surface area contributed by atoms with E-state index in [1.165, 1.54) is 0 Å². The molecule has 42 heavy (non-hydrogen) atoms. The molecule has 4 aromatic heterocycles. The summed E-state index contributed by atoms with van der Waals surface area (Å²) < 4.78 is 8.72. The van der Waals surface area contributed by atoms with Gasteiger partial charge in [0, 0.05) is 38.9 Å². The highest BCUT2D eigenvalue weighted by atomic mass is 16.3. The zero-order chi connectivity index (χ0) is 27.6. The van der Waals surface area contributed by atoms with E-state index in [2.05, 4.69) is 42.5 Å². The summed E-state index contributed by atoms with van der Waals surface area (Å²) >= 11 is 0. The van der Waals surface area contributed by atoms with Gasteiger partial charge in [-0.05, 0) is 29.0 Å². The molecule has 4 heterocycles. The van der Waals surface area contributed by atoms with Gasteiger partial charge in [0.25, 0.3) is 0 Å². The largest absolute Gasteiger partial charge is 0.454 e. The maximum absolute atomic E-state index is 6.68. The predicted molar refractivity (Wildman–Crippen MR) is 168 cm³/mol. The van der Waals surface area contributed by atoms with E-state index in [1.54, 1.807) is 0 Å². The fourth-order valence-electron chi connectivity index (χ4n) is 6.09. The van der Waals surface area contributed by atoms with Gasteiger partial charge in [-0.2, -0.15) is 9.97 Å². The number of nitrogens with zero attached hydrogens (tertiary/aromatic N) is 5. The van der Waals surface area contributed by atoms with Crippen molar-refractivity contribution in [3.63, 3.8) is 0 Å². The molecule has 0 aliphatic rings. The predicted octanol–water partition coefficient (Wildman–Crippen LogP) is 8.75. The van der Waals surface area contributed by atoms with E-state index >= 15 is 0 Å². The first-order valence-electron chi connectivity index (χ1n) is 13.8. The van der Waals surface area contributed by atoms with Crippen LogP contribution < -0.4 is 0 Å². The summed E-state index contributed by atoms with van der Waals surface area (Å²) in [6.07, 6.45) is 1.81. The molecule has 0 saturated carbocycles.